The topological polar surface area (TPSA) is 110 Å². The maximum Gasteiger partial charge on any atom is 0.274 e. The monoisotopic (exact) mass is 416 g/mol. The van der Waals surface area contributed by atoms with Gasteiger partial charge in [0.25, 0.3) is 11.8 Å². The second kappa shape index (κ2) is 7.31. The summed E-state index contributed by atoms with van der Waals surface area (Å²) in [5.74, 6) is -0.0714. The van der Waals surface area contributed by atoms with Gasteiger partial charge in [0.1, 0.15) is 5.69 Å². The lowest BCUT2D eigenvalue weighted by Gasteiger charge is -2.16. The summed E-state index contributed by atoms with van der Waals surface area (Å²) >= 11 is 0. The van der Waals surface area contributed by atoms with Crippen LogP contribution < -0.4 is 5.32 Å². The molecular weight excluding hydrogens is 396 g/mol. The van der Waals surface area contributed by atoms with Gasteiger partial charge in [-0.2, -0.15) is 5.10 Å². The summed E-state index contributed by atoms with van der Waals surface area (Å²) in [5, 5.41) is 11.4. The van der Waals surface area contributed by atoms with E-state index >= 15 is 0 Å². The van der Waals surface area contributed by atoms with Gasteiger partial charge in [0.15, 0.2) is 11.5 Å². The zero-order valence-electron chi connectivity index (χ0n) is 17.1. The molecule has 0 unspecified atom stereocenters. The van der Waals surface area contributed by atoms with Crippen molar-refractivity contribution in [2.45, 2.75) is 18.9 Å². The normalized spacial score (nSPS) is 13.4. The SMILES string of the molecule is CN(C(=O)c1cnn(C)c1C(=O)Nc1ccn2nc(-c3cccnc3)nc2c1)C1CC1. The zero-order valence-corrected chi connectivity index (χ0v) is 17.1. The highest BCUT2D eigenvalue weighted by Crippen LogP contribution is 2.27. The summed E-state index contributed by atoms with van der Waals surface area (Å²) in [5.41, 5.74) is 2.42. The number of aryl methyl sites for hydroxylation is 1. The number of aromatic nitrogens is 6. The van der Waals surface area contributed by atoms with Gasteiger partial charge >= 0.3 is 0 Å². The van der Waals surface area contributed by atoms with Gasteiger partial charge in [0, 0.05) is 56.0 Å². The van der Waals surface area contributed by atoms with Crippen molar-refractivity contribution in [2.24, 2.45) is 7.05 Å². The third kappa shape index (κ3) is 3.52. The number of carbonyl (C=O) groups is 2. The average Bonchev–Trinajstić information content (AvgIpc) is 3.43. The van der Waals surface area contributed by atoms with Gasteiger partial charge in [-0.05, 0) is 31.0 Å². The Balaban J connectivity index is 1.40. The molecule has 4 aromatic rings. The molecule has 4 aromatic heterocycles. The number of hydrogen-bond donors (Lipinski definition) is 1. The van der Waals surface area contributed by atoms with E-state index in [4.69, 9.17) is 0 Å². The Kier molecular flexibility index (Phi) is 4.46. The fourth-order valence-electron chi connectivity index (χ4n) is 3.45. The summed E-state index contributed by atoms with van der Waals surface area (Å²) in [6, 6.07) is 7.39. The molecule has 1 saturated carbocycles. The molecule has 1 N–H and O–H groups in total. The Bertz CT molecular complexity index is 1290. The molecule has 4 heterocycles. The van der Waals surface area contributed by atoms with E-state index in [2.05, 4.69) is 25.5 Å². The van der Waals surface area contributed by atoms with Crippen LogP contribution in [0.5, 0.6) is 0 Å². The molecule has 31 heavy (non-hydrogen) atoms. The first-order valence-electron chi connectivity index (χ1n) is 9.88. The minimum atomic E-state index is -0.413. The highest BCUT2D eigenvalue weighted by atomic mass is 16.2. The number of rotatable bonds is 5. The molecule has 0 bridgehead atoms. The number of fused-ring (bicyclic) bond motifs is 1. The van der Waals surface area contributed by atoms with Crippen LogP contribution in [0.25, 0.3) is 17.0 Å². The van der Waals surface area contributed by atoms with Crippen molar-refractivity contribution in [3.8, 4) is 11.4 Å². The van der Waals surface area contributed by atoms with Gasteiger partial charge in [-0.15, -0.1) is 5.10 Å². The van der Waals surface area contributed by atoms with Crippen LogP contribution in [0.15, 0.2) is 49.1 Å². The molecule has 0 atom stereocenters. The number of amides is 2. The largest absolute Gasteiger partial charge is 0.339 e. The maximum atomic E-state index is 13.0. The molecule has 1 aliphatic rings. The van der Waals surface area contributed by atoms with Crippen molar-refractivity contribution in [1.82, 2.24) is 34.3 Å². The van der Waals surface area contributed by atoms with Crippen LogP contribution in [0.2, 0.25) is 0 Å². The molecule has 1 aliphatic carbocycles. The minimum Gasteiger partial charge on any atom is -0.339 e. The van der Waals surface area contributed by atoms with Gasteiger partial charge in [0.05, 0.1) is 11.8 Å². The number of pyridine rings is 2. The highest BCUT2D eigenvalue weighted by molar-refractivity contribution is 6.11. The standard InChI is InChI=1S/C21H20N8O2/c1-27(15-5-6-15)21(31)16-12-23-28(2)18(16)20(30)24-14-7-9-29-17(10-14)25-19(26-29)13-4-3-8-22-11-13/h3-4,7-12,15H,5-6H2,1-2H3,(H,24,30). The Morgan fingerprint density at radius 2 is 2.06 bits per heavy atom. The van der Waals surface area contributed by atoms with Crippen molar-refractivity contribution >= 4 is 23.1 Å². The van der Waals surface area contributed by atoms with E-state index in [1.165, 1.54) is 10.9 Å². The summed E-state index contributed by atoms with van der Waals surface area (Å²) in [6.45, 7) is 0. The van der Waals surface area contributed by atoms with Crippen molar-refractivity contribution in [2.75, 3.05) is 12.4 Å². The second-order valence-corrected chi connectivity index (χ2v) is 7.53. The molecule has 0 aromatic carbocycles. The smallest absolute Gasteiger partial charge is 0.274 e. The summed E-state index contributed by atoms with van der Waals surface area (Å²) in [7, 11) is 3.40. The third-order valence-corrected chi connectivity index (χ3v) is 5.31. The van der Waals surface area contributed by atoms with Crippen LogP contribution in [0.4, 0.5) is 5.69 Å². The third-order valence-electron chi connectivity index (χ3n) is 5.31. The molecule has 0 aliphatic heterocycles. The first-order chi connectivity index (χ1) is 15.0. The van der Waals surface area contributed by atoms with Crippen LogP contribution in [0, 0.1) is 0 Å². The van der Waals surface area contributed by atoms with Gasteiger partial charge in [-0.3, -0.25) is 19.3 Å². The Hall–Kier alpha value is -4.08. The Labute approximate surface area is 177 Å². The lowest BCUT2D eigenvalue weighted by molar-refractivity contribution is 0.0779. The molecular formula is C21H20N8O2. The first-order valence-corrected chi connectivity index (χ1v) is 9.88. The predicted molar refractivity (Wildman–Crippen MR) is 112 cm³/mol. The Morgan fingerprint density at radius 3 is 2.81 bits per heavy atom. The molecule has 1 fully saturated rings. The van der Waals surface area contributed by atoms with Gasteiger partial charge < -0.3 is 10.2 Å². The number of nitrogens with zero attached hydrogens (tertiary/aromatic N) is 7. The lowest BCUT2D eigenvalue weighted by atomic mass is 10.2. The number of hydrogen-bond acceptors (Lipinski definition) is 6. The first kappa shape index (κ1) is 18.9. The number of anilines is 1. The fourth-order valence-corrected chi connectivity index (χ4v) is 3.45. The number of nitrogens with one attached hydrogen (secondary N) is 1. The summed E-state index contributed by atoms with van der Waals surface area (Å²) in [4.78, 5) is 36.1. The van der Waals surface area contributed by atoms with E-state index in [1.807, 2.05) is 12.1 Å². The van der Waals surface area contributed by atoms with Crippen molar-refractivity contribution in [3.63, 3.8) is 0 Å². The fraction of sp³-hybridized carbons (Fsp3) is 0.238. The van der Waals surface area contributed by atoms with E-state index in [9.17, 15) is 9.59 Å². The van der Waals surface area contributed by atoms with Gasteiger partial charge in [-0.25, -0.2) is 9.50 Å². The zero-order chi connectivity index (χ0) is 21.5. The number of carbonyl (C=O) groups excluding carboxylic acids is 2. The maximum absolute atomic E-state index is 13.0. The molecule has 10 heteroatoms. The van der Waals surface area contributed by atoms with Gasteiger partial charge in [-0.1, -0.05) is 0 Å². The van der Waals surface area contributed by atoms with E-state index in [0.29, 0.717) is 17.2 Å². The predicted octanol–water partition coefficient (Wildman–Crippen LogP) is 2.01. The summed E-state index contributed by atoms with van der Waals surface area (Å²) < 4.78 is 3.04. The molecule has 0 saturated heterocycles. The minimum absolute atomic E-state index is 0.199. The molecule has 0 radical (unpaired) electrons. The van der Waals surface area contributed by atoms with Crippen LogP contribution in [0.3, 0.4) is 0 Å². The molecule has 10 nitrogen and oxygen atoms in total. The van der Waals surface area contributed by atoms with Gasteiger partial charge in [0.2, 0.25) is 0 Å². The van der Waals surface area contributed by atoms with Crippen molar-refractivity contribution in [1.29, 1.82) is 0 Å². The van der Waals surface area contributed by atoms with E-state index in [0.717, 1.165) is 18.4 Å². The Morgan fingerprint density at radius 1 is 1.23 bits per heavy atom. The molecule has 156 valence electrons. The average molecular weight is 416 g/mol. The lowest BCUT2D eigenvalue weighted by Crippen LogP contribution is -2.30. The molecule has 5 rings (SSSR count). The summed E-state index contributed by atoms with van der Waals surface area (Å²) in [6.07, 6.45) is 8.52. The van der Waals surface area contributed by atoms with Crippen molar-refractivity contribution < 1.29 is 9.59 Å². The van der Waals surface area contributed by atoms with Crippen LogP contribution in [-0.4, -0.2) is 59.2 Å². The van der Waals surface area contributed by atoms with E-state index in [-0.39, 0.29) is 23.2 Å². The van der Waals surface area contributed by atoms with E-state index in [1.54, 1.807) is 54.2 Å². The van der Waals surface area contributed by atoms with Crippen LogP contribution in [-0.2, 0) is 7.05 Å². The molecule has 2 amide bonds. The van der Waals surface area contributed by atoms with E-state index < -0.39 is 5.91 Å². The second-order valence-electron chi connectivity index (χ2n) is 7.53. The quantitative estimate of drug-likeness (QED) is 0.533. The van der Waals surface area contributed by atoms with Crippen LogP contribution in [0.1, 0.15) is 33.7 Å². The van der Waals surface area contributed by atoms with Crippen molar-refractivity contribution in [3.05, 3.63) is 60.3 Å². The molecule has 0 spiro atoms. The highest BCUT2D eigenvalue weighted by Gasteiger charge is 2.33. The van der Waals surface area contributed by atoms with Crippen LogP contribution >= 0.6 is 0 Å².